The van der Waals surface area contributed by atoms with Gasteiger partial charge in [-0.1, -0.05) is 28.7 Å². The number of rotatable bonds is 3. The molecule has 2 aromatic heterocycles. The van der Waals surface area contributed by atoms with Crippen LogP contribution in [-0.2, 0) is 9.09 Å². The lowest BCUT2D eigenvalue weighted by Gasteiger charge is -2.16. The van der Waals surface area contributed by atoms with Gasteiger partial charge in [-0.25, -0.2) is 0 Å². The molecule has 0 saturated carbocycles. The van der Waals surface area contributed by atoms with Crippen molar-refractivity contribution in [2.45, 2.75) is 13.8 Å². The van der Waals surface area contributed by atoms with Crippen molar-refractivity contribution in [3.05, 3.63) is 29.1 Å². The minimum Gasteiger partial charge on any atom is -0.771 e. The van der Waals surface area contributed by atoms with Gasteiger partial charge in [0.1, 0.15) is 4.70 Å². The Morgan fingerprint density at radius 1 is 1.47 bits per heavy atom. The number of aryl methyl sites for hydroxylation is 1. The number of benzene rings is 1. The maximum atomic E-state index is 12.1. The Balaban J connectivity index is 2.32. The number of thiazole rings is 2. The van der Waals surface area contributed by atoms with Crippen LogP contribution in [0.3, 0.4) is 0 Å². The van der Waals surface area contributed by atoms with Gasteiger partial charge in [-0.15, -0.1) is 4.40 Å². The second-order valence-corrected chi connectivity index (χ2v) is 8.04. The molecule has 0 saturated heterocycles. The van der Waals surface area contributed by atoms with Gasteiger partial charge in [0.05, 0.1) is 12.0 Å². The molecule has 1 unspecified atom stereocenters. The van der Waals surface area contributed by atoms with E-state index < -0.39 is 7.60 Å². The zero-order valence-corrected chi connectivity index (χ0v) is 13.0. The topological polar surface area (TPSA) is 53.5 Å². The Morgan fingerprint density at radius 2 is 2.26 bits per heavy atom. The molecular weight excluding hydrogens is 301 g/mol. The first-order valence-electron chi connectivity index (χ1n) is 5.81. The van der Waals surface area contributed by atoms with E-state index in [1.165, 1.54) is 16.9 Å². The SMILES string of the molecule is CCOP(=O)([O-])c1csc2sc3cc(C)ccc3[n+]12. The molecule has 1 atom stereocenters. The Kier molecular flexibility index (Phi) is 3.23. The number of fused-ring (bicyclic) bond motifs is 3. The van der Waals surface area contributed by atoms with Crippen molar-refractivity contribution < 1.29 is 18.4 Å². The lowest BCUT2D eigenvalue weighted by Crippen LogP contribution is -2.39. The zero-order chi connectivity index (χ0) is 13.6. The molecule has 0 aliphatic rings. The van der Waals surface area contributed by atoms with E-state index in [1.807, 2.05) is 19.1 Å². The van der Waals surface area contributed by atoms with Crippen molar-refractivity contribution in [1.82, 2.24) is 0 Å². The minimum absolute atomic E-state index is 0.153. The summed E-state index contributed by atoms with van der Waals surface area (Å²) in [5.41, 5.74) is 2.32. The molecule has 0 aliphatic carbocycles. The first kappa shape index (κ1) is 13.2. The summed E-state index contributed by atoms with van der Waals surface area (Å²) in [7, 11) is -4.00. The van der Waals surface area contributed by atoms with Gasteiger partial charge in [-0.05, 0) is 25.5 Å². The maximum Gasteiger partial charge on any atom is 0.326 e. The third-order valence-electron chi connectivity index (χ3n) is 2.81. The normalized spacial score (nSPS) is 15.1. The van der Waals surface area contributed by atoms with Crippen LogP contribution in [0.4, 0.5) is 0 Å². The van der Waals surface area contributed by atoms with E-state index in [4.69, 9.17) is 4.52 Å². The summed E-state index contributed by atoms with van der Waals surface area (Å²) in [6.07, 6.45) is 0. The third kappa shape index (κ3) is 2.14. The summed E-state index contributed by atoms with van der Waals surface area (Å²) in [5, 5.41) is 1.65. The Morgan fingerprint density at radius 3 is 3.00 bits per heavy atom. The lowest BCUT2D eigenvalue weighted by atomic mass is 10.2. The van der Waals surface area contributed by atoms with Crippen LogP contribution < -0.4 is 14.7 Å². The van der Waals surface area contributed by atoms with Crippen molar-refractivity contribution in [3.8, 4) is 0 Å². The fourth-order valence-corrected chi connectivity index (χ4v) is 5.94. The molecule has 7 heteroatoms. The highest BCUT2D eigenvalue weighted by atomic mass is 32.2. The quantitative estimate of drug-likeness (QED) is 0.550. The summed E-state index contributed by atoms with van der Waals surface area (Å²) in [4.78, 5) is 12.1. The molecule has 100 valence electrons. The molecule has 0 aliphatic heterocycles. The highest BCUT2D eigenvalue weighted by Gasteiger charge is 2.29. The number of aromatic nitrogens is 1. The molecule has 0 fully saturated rings. The summed E-state index contributed by atoms with van der Waals surface area (Å²) in [6.45, 7) is 3.85. The van der Waals surface area contributed by atoms with E-state index in [9.17, 15) is 9.46 Å². The molecule has 0 N–H and O–H groups in total. The average molecular weight is 313 g/mol. The fraction of sp³-hybridized carbons (Fsp3) is 0.250. The third-order valence-corrected chi connectivity index (χ3v) is 6.64. The monoisotopic (exact) mass is 313 g/mol. The predicted molar refractivity (Wildman–Crippen MR) is 76.5 cm³/mol. The van der Waals surface area contributed by atoms with Gasteiger partial charge in [-0.3, -0.25) is 4.57 Å². The molecule has 19 heavy (non-hydrogen) atoms. The second kappa shape index (κ2) is 4.65. The van der Waals surface area contributed by atoms with Crippen molar-refractivity contribution in [2.24, 2.45) is 0 Å². The zero-order valence-electron chi connectivity index (χ0n) is 10.5. The van der Waals surface area contributed by atoms with Crippen LogP contribution in [0.5, 0.6) is 0 Å². The van der Waals surface area contributed by atoms with Gasteiger partial charge in [0.2, 0.25) is 13.1 Å². The Hall–Kier alpha value is -0.780. The van der Waals surface area contributed by atoms with Gasteiger partial charge < -0.3 is 9.42 Å². The van der Waals surface area contributed by atoms with Crippen LogP contribution in [0.1, 0.15) is 12.5 Å². The van der Waals surface area contributed by atoms with Crippen molar-refractivity contribution >= 4 is 50.1 Å². The Bertz CT molecular complexity index is 808. The molecule has 3 aromatic rings. The van der Waals surface area contributed by atoms with Crippen LogP contribution in [0.15, 0.2) is 23.6 Å². The first-order valence-corrected chi connectivity index (χ1v) is 9.05. The van der Waals surface area contributed by atoms with Crippen LogP contribution in [0, 0.1) is 6.92 Å². The standard InChI is InChI=1S/C12H12NO3PS2/c1-3-16-17(14,15)11-7-18-12-13(11)9-5-4-8(2)6-10(9)19-12/h4-7H,3H2,1-2H3. The summed E-state index contributed by atoms with van der Waals surface area (Å²) in [6, 6.07) is 6.01. The highest BCUT2D eigenvalue weighted by Crippen LogP contribution is 2.37. The minimum atomic E-state index is -4.00. The predicted octanol–water partition coefficient (Wildman–Crippen LogP) is 2.23. The van der Waals surface area contributed by atoms with Crippen molar-refractivity contribution in [3.63, 3.8) is 0 Å². The Labute approximate surface area is 118 Å². The molecule has 0 radical (unpaired) electrons. The van der Waals surface area contributed by atoms with E-state index in [-0.39, 0.29) is 12.0 Å². The molecule has 0 amide bonds. The fourth-order valence-electron chi connectivity index (χ4n) is 2.00. The van der Waals surface area contributed by atoms with Gasteiger partial charge in [0.15, 0.2) is 0 Å². The molecule has 4 nitrogen and oxygen atoms in total. The summed E-state index contributed by atoms with van der Waals surface area (Å²) in [5.74, 6) is 0. The van der Waals surface area contributed by atoms with Gasteiger partial charge >= 0.3 is 4.14 Å². The van der Waals surface area contributed by atoms with Gasteiger partial charge in [0.25, 0.3) is 5.44 Å². The molecule has 0 bridgehead atoms. The summed E-state index contributed by atoms with van der Waals surface area (Å²) >= 11 is 3.02. The van der Waals surface area contributed by atoms with E-state index in [0.717, 1.165) is 14.4 Å². The molecule has 0 spiro atoms. The maximum absolute atomic E-state index is 12.1. The van der Waals surface area contributed by atoms with Crippen LogP contribution in [-0.4, -0.2) is 6.61 Å². The van der Waals surface area contributed by atoms with Crippen molar-refractivity contribution in [1.29, 1.82) is 0 Å². The lowest BCUT2D eigenvalue weighted by molar-refractivity contribution is -0.455. The summed E-state index contributed by atoms with van der Waals surface area (Å²) < 4.78 is 20.8. The second-order valence-electron chi connectivity index (χ2n) is 4.18. The van der Waals surface area contributed by atoms with E-state index in [2.05, 4.69) is 6.07 Å². The first-order chi connectivity index (χ1) is 9.03. The van der Waals surface area contributed by atoms with Crippen LogP contribution in [0.25, 0.3) is 14.4 Å². The van der Waals surface area contributed by atoms with Crippen LogP contribution >= 0.6 is 30.3 Å². The van der Waals surface area contributed by atoms with E-state index >= 15 is 0 Å². The van der Waals surface area contributed by atoms with Crippen LogP contribution in [0.2, 0.25) is 0 Å². The smallest absolute Gasteiger partial charge is 0.326 e. The number of hydrogen-bond acceptors (Lipinski definition) is 5. The molecular formula is C12H12NO3PS2. The molecule has 2 heterocycles. The number of nitrogens with zero attached hydrogens (tertiary/aromatic N) is 1. The van der Waals surface area contributed by atoms with E-state index in [1.54, 1.807) is 28.0 Å². The van der Waals surface area contributed by atoms with E-state index in [0.29, 0.717) is 0 Å². The average Bonchev–Trinajstić information content (AvgIpc) is 2.86. The van der Waals surface area contributed by atoms with Gasteiger partial charge in [0, 0.05) is 6.07 Å². The molecule has 3 rings (SSSR count). The van der Waals surface area contributed by atoms with Crippen molar-refractivity contribution in [2.75, 3.05) is 6.61 Å². The number of hydrogen-bond donors (Lipinski definition) is 0. The molecule has 1 aromatic carbocycles. The highest BCUT2D eigenvalue weighted by molar-refractivity contribution is 7.60. The van der Waals surface area contributed by atoms with Gasteiger partial charge in [-0.2, -0.15) is 0 Å². The largest absolute Gasteiger partial charge is 0.771 e.